The Morgan fingerprint density at radius 3 is 2.68 bits per heavy atom. The second kappa shape index (κ2) is 7.00. The Hall–Kier alpha value is -3.56. The molecule has 4 aromatic rings. The molecular weight excluding hydrogens is 411 g/mol. The first-order valence-electron chi connectivity index (χ1n) is 9.73. The van der Waals surface area contributed by atoms with Crippen molar-refractivity contribution in [2.24, 2.45) is 7.05 Å². The number of hydrogen-bond donors (Lipinski definition) is 1. The monoisotopic (exact) mass is 429 g/mol. The van der Waals surface area contributed by atoms with Crippen molar-refractivity contribution in [3.05, 3.63) is 70.2 Å². The van der Waals surface area contributed by atoms with Gasteiger partial charge < -0.3 is 9.30 Å². The molecule has 0 atom stereocenters. The second-order valence-electron chi connectivity index (χ2n) is 7.61. The standard InChI is InChI=1S/C21H18F3N5O2/c1-28-17-9-14(4-5-16(17)25-20(28)12-2-3-12)29-7-6-15(10-19(29)30)31-11-13-8-18(27-26-13)21(22,23)24/h4-10,12H,2-3,11H2,1H3,(H,26,27). The topological polar surface area (TPSA) is 77.7 Å². The van der Waals surface area contributed by atoms with Crippen LogP contribution in [0, 0.1) is 0 Å². The number of aryl methyl sites for hydroxylation is 1. The fraction of sp³-hybridized carbons (Fsp3) is 0.286. The molecule has 31 heavy (non-hydrogen) atoms. The highest BCUT2D eigenvalue weighted by Crippen LogP contribution is 2.40. The van der Waals surface area contributed by atoms with Crippen molar-refractivity contribution in [3.8, 4) is 11.4 Å². The van der Waals surface area contributed by atoms with Gasteiger partial charge in [-0.25, -0.2) is 4.98 Å². The smallest absolute Gasteiger partial charge is 0.435 e. The lowest BCUT2D eigenvalue weighted by molar-refractivity contribution is -0.141. The van der Waals surface area contributed by atoms with Crippen LogP contribution in [-0.4, -0.2) is 24.3 Å². The van der Waals surface area contributed by atoms with Crippen LogP contribution >= 0.6 is 0 Å². The molecule has 10 heteroatoms. The summed E-state index contributed by atoms with van der Waals surface area (Å²) in [4.78, 5) is 17.3. The van der Waals surface area contributed by atoms with Crippen LogP contribution in [0.15, 0.2) is 47.4 Å². The van der Waals surface area contributed by atoms with Crippen molar-refractivity contribution in [2.75, 3.05) is 0 Å². The van der Waals surface area contributed by atoms with E-state index in [9.17, 15) is 18.0 Å². The normalized spacial score (nSPS) is 14.3. The Morgan fingerprint density at radius 2 is 2.00 bits per heavy atom. The molecule has 5 rings (SSSR count). The fourth-order valence-electron chi connectivity index (χ4n) is 3.56. The first kappa shape index (κ1) is 19.4. The van der Waals surface area contributed by atoms with Crippen molar-refractivity contribution < 1.29 is 17.9 Å². The number of hydrogen-bond acceptors (Lipinski definition) is 4. The number of benzene rings is 1. The van der Waals surface area contributed by atoms with Gasteiger partial charge in [-0.1, -0.05) is 0 Å². The van der Waals surface area contributed by atoms with E-state index in [-0.39, 0.29) is 23.6 Å². The minimum absolute atomic E-state index is 0.157. The summed E-state index contributed by atoms with van der Waals surface area (Å²) in [6.07, 6.45) is -0.642. The molecule has 0 bridgehead atoms. The first-order valence-corrected chi connectivity index (χ1v) is 9.73. The largest absolute Gasteiger partial charge is 0.487 e. The molecule has 3 aromatic heterocycles. The van der Waals surface area contributed by atoms with E-state index in [1.54, 1.807) is 12.3 Å². The molecule has 1 N–H and O–H groups in total. The van der Waals surface area contributed by atoms with Crippen LogP contribution < -0.4 is 10.3 Å². The van der Waals surface area contributed by atoms with Crippen molar-refractivity contribution in [3.63, 3.8) is 0 Å². The molecule has 1 aliphatic carbocycles. The Morgan fingerprint density at radius 1 is 1.19 bits per heavy atom. The van der Waals surface area contributed by atoms with Gasteiger partial charge in [0.15, 0.2) is 5.69 Å². The number of halogens is 3. The summed E-state index contributed by atoms with van der Waals surface area (Å²) in [5.74, 6) is 1.83. The summed E-state index contributed by atoms with van der Waals surface area (Å²) in [5, 5.41) is 5.50. The highest BCUT2D eigenvalue weighted by Gasteiger charge is 2.33. The molecule has 0 amide bonds. The summed E-state index contributed by atoms with van der Waals surface area (Å²) in [6, 6.07) is 9.40. The number of alkyl halides is 3. The van der Waals surface area contributed by atoms with E-state index in [0.29, 0.717) is 11.6 Å². The van der Waals surface area contributed by atoms with Gasteiger partial charge in [-0.3, -0.25) is 14.5 Å². The first-order chi connectivity index (χ1) is 14.8. The lowest BCUT2D eigenvalue weighted by Crippen LogP contribution is -2.16. The van der Waals surface area contributed by atoms with Gasteiger partial charge in [0.1, 0.15) is 18.2 Å². The van der Waals surface area contributed by atoms with E-state index >= 15 is 0 Å². The highest BCUT2D eigenvalue weighted by molar-refractivity contribution is 5.78. The quantitative estimate of drug-likeness (QED) is 0.522. The van der Waals surface area contributed by atoms with Crippen molar-refractivity contribution >= 4 is 11.0 Å². The van der Waals surface area contributed by atoms with Crippen LogP contribution in [0.5, 0.6) is 5.75 Å². The van der Waals surface area contributed by atoms with Gasteiger partial charge in [-0.15, -0.1) is 0 Å². The molecule has 0 radical (unpaired) electrons. The molecule has 1 aromatic carbocycles. The van der Waals surface area contributed by atoms with E-state index in [2.05, 4.69) is 14.8 Å². The second-order valence-corrected chi connectivity index (χ2v) is 7.61. The maximum Gasteiger partial charge on any atom is 0.435 e. The van der Waals surface area contributed by atoms with E-state index in [1.165, 1.54) is 10.6 Å². The Labute approximate surface area is 174 Å². The molecular formula is C21H18F3N5O2. The maximum absolute atomic E-state index is 12.6. The lowest BCUT2D eigenvalue weighted by Gasteiger charge is -2.09. The van der Waals surface area contributed by atoms with E-state index in [4.69, 9.17) is 9.72 Å². The lowest BCUT2D eigenvalue weighted by atomic mass is 10.2. The van der Waals surface area contributed by atoms with E-state index < -0.39 is 11.9 Å². The average Bonchev–Trinajstić information content (AvgIpc) is 3.35. The number of nitrogens with zero attached hydrogens (tertiary/aromatic N) is 4. The van der Waals surface area contributed by atoms with E-state index in [0.717, 1.165) is 35.8 Å². The third kappa shape index (κ3) is 3.69. The van der Waals surface area contributed by atoms with Gasteiger partial charge in [0, 0.05) is 25.2 Å². The summed E-state index contributed by atoms with van der Waals surface area (Å²) in [5.41, 5.74) is 1.35. The van der Waals surface area contributed by atoms with Crippen LogP contribution in [0.2, 0.25) is 0 Å². The number of ether oxygens (including phenoxy) is 1. The third-order valence-corrected chi connectivity index (χ3v) is 5.33. The van der Waals surface area contributed by atoms with Crippen molar-refractivity contribution in [2.45, 2.75) is 31.5 Å². The maximum atomic E-state index is 12.6. The number of aromatic nitrogens is 5. The zero-order valence-electron chi connectivity index (χ0n) is 16.5. The van der Waals surface area contributed by atoms with Crippen molar-refractivity contribution in [1.29, 1.82) is 0 Å². The molecule has 1 aliphatic rings. The predicted octanol–water partition coefficient (Wildman–Crippen LogP) is 3.92. The number of nitrogens with one attached hydrogen (secondary N) is 1. The Balaban J connectivity index is 1.36. The van der Waals surface area contributed by atoms with Crippen molar-refractivity contribution in [1.82, 2.24) is 24.3 Å². The van der Waals surface area contributed by atoms with Crippen LogP contribution in [0.3, 0.4) is 0 Å². The van der Waals surface area contributed by atoms with Gasteiger partial charge >= 0.3 is 6.18 Å². The SMILES string of the molecule is Cn1c(C2CC2)nc2ccc(-n3ccc(OCc4cc(C(F)(F)F)n[nH]4)cc3=O)cc21. The summed E-state index contributed by atoms with van der Waals surface area (Å²) in [6.45, 7) is -0.169. The van der Waals surface area contributed by atoms with Gasteiger partial charge in [0.2, 0.25) is 0 Å². The molecule has 0 spiro atoms. The molecule has 1 saturated carbocycles. The molecule has 0 unspecified atom stereocenters. The molecule has 3 heterocycles. The van der Waals surface area contributed by atoms with Crippen LogP contribution in [-0.2, 0) is 19.8 Å². The number of rotatable bonds is 5. The number of pyridine rings is 1. The van der Waals surface area contributed by atoms with Gasteiger partial charge in [0.25, 0.3) is 5.56 Å². The van der Waals surface area contributed by atoms with E-state index in [1.807, 2.05) is 25.2 Å². The highest BCUT2D eigenvalue weighted by atomic mass is 19.4. The predicted molar refractivity (Wildman–Crippen MR) is 106 cm³/mol. The van der Waals surface area contributed by atoms with Crippen LogP contribution in [0.4, 0.5) is 13.2 Å². The fourth-order valence-corrected chi connectivity index (χ4v) is 3.56. The number of H-pyrrole nitrogens is 1. The molecule has 160 valence electrons. The van der Waals surface area contributed by atoms with Gasteiger partial charge in [-0.05, 0) is 43.2 Å². The van der Waals surface area contributed by atoms with Gasteiger partial charge in [0.05, 0.1) is 22.4 Å². The molecule has 0 aliphatic heterocycles. The number of aromatic amines is 1. The summed E-state index contributed by atoms with van der Waals surface area (Å²) >= 11 is 0. The molecule has 0 saturated heterocycles. The minimum atomic E-state index is -4.52. The Bertz CT molecular complexity index is 1330. The zero-order chi connectivity index (χ0) is 21.8. The third-order valence-electron chi connectivity index (χ3n) is 5.33. The average molecular weight is 429 g/mol. The Kier molecular flexibility index (Phi) is 4.38. The number of fused-ring (bicyclic) bond motifs is 1. The summed E-state index contributed by atoms with van der Waals surface area (Å²) < 4.78 is 46.8. The molecule has 7 nitrogen and oxygen atoms in total. The molecule has 1 fully saturated rings. The number of imidazole rings is 1. The van der Waals surface area contributed by atoms with Crippen LogP contribution in [0.1, 0.15) is 36.0 Å². The minimum Gasteiger partial charge on any atom is -0.487 e. The zero-order valence-corrected chi connectivity index (χ0v) is 16.5. The van der Waals surface area contributed by atoms with Crippen LogP contribution in [0.25, 0.3) is 16.7 Å². The van der Waals surface area contributed by atoms with Gasteiger partial charge in [-0.2, -0.15) is 18.3 Å². The summed E-state index contributed by atoms with van der Waals surface area (Å²) in [7, 11) is 1.98.